The Bertz CT molecular complexity index is 752. The molecule has 2 aromatic heterocycles. The maximum atomic E-state index is 12.0. The van der Waals surface area contributed by atoms with Crippen LogP contribution in [-0.4, -0.2) is 15.2 Å². The third-order valence-corrected chi connectivity index (χ3v) is 3.05. The summed E-state index contributed by atoms with van der Waals surface area (Å²) in [5.41, 5.74) is 1.81. The molecule has 3 rings (SSSR count). The van der Waals surface area contributed by atoms with E-state index in [1.807, 2.05) is 18.2 Å². The van der Waals surface area contributed by atoms with Crippen LogP contribution in [0.3, 0.4) is 0 Å². The highest BCUT2D eigenvalue weighted by Crippen LogP contribution is 2.21. The number of benzene rings is 1. The van der Waals surface area contributed by atoms with Crippen molar-refractivity contribution in [3.05, 3.63) is 40.4 Å². The topological polar surface area (TPSA) is 61.5 Å². The standard InChI is InChI=1S/C13H13N3O/c1-7(2)11-4-8-3-9-6-14-16-12(9)5-10(8)13(17)15-11/h3-7H,1-2H3,(H,14,16)(H,15,17). The Hall–Kier alpha value is -2.10. The first-order chi connectivity index (χ1) is 8.15. The summed E-state index contributed by atoms with van der Waals surface area (Å²) in [5, 5.41) is 9.54. The molecule has 0 saturated heterocycles. The van der Waals surface area contributed by atoms with Crippen LogP contribution in [0.5, 0.6) is 0 Å². The van der Waals surface area contributed by atoms with E-state index in [0.29, 0.717) is 11.3 Å². The van der Waals surface area contributed by atoms with Gasteiger partial charge in [0.1, 0.15) is 0 Å². The van der Waals surface area contributed by atoms with Crippen molar-refractivity contribution in [2.75, 3.05) is 0 Å². The molecule has 0 aliphatic carbocycles. The Labute approximate surface area is 97.7 Å². The van der Waals surface area contributed by atoms with Gasteiger partial charge in [0.05, 0.1) is 11.7 Å². The van der Waals surface area contributed by atoms with Crippen molar-refractivity contribution in [1.82, 2.24) is 15.2 Å². The molecule has 4 heteroatoms. The molecule has 0 aliphatic heterocycles. The molecule has 0 aliphatic rings. The Morgan fingerprint density at radius 2 is 2.00 bits per heavy atom. The zero-order valence-corrected chi connectivity index (χ0v) is 9.74. The lowest BCUT2D eigenvalue weighted by atomic mass is 10.0. The molecule has 1 aromatic carbocycles. The summed E-state index contributed by atoms with van der Waals surface area (Å²) in [6, 6.07) is 5.88. The molecule has 0 fully saturated rings. The Balaban J connectivity index is 2.44. The van der Waals surface area contributed by atoms with E-state index in [1.165, 1.54) is 0 Å². The summed E-state index contributed by atoms with van der Waals surface area (Å²) in [6.45, 7) is 4.13. The van der Waals surface area contributed by atoms with Gasteiger partial charge in [0.25, 0.3) is 5.56 Å². The number of hydrogen-bond donors (Lipinski definition) is 2. The van der Waals surface area contributed by atoms with E-state index in [1.54, 1.807) is 6.20 Å². The van der Waals surface area contributed by atoms with Crippen LogP contribution in [0.1, 0.15) is 25.5 Å². The van der Waals surface area contributed by atoms with Crippen LogP contribution in [0.4, 0.5) is 0 Å². The molecule has 0 amide bonds. The average molecular weight is 227 g/mol. The molecule has 0 radical (unpaired) electrons. The summed E-state index contributed by atoms with van der Waals surface area (Å²) in [4.78, 5) is 14.9. The van der Waals surface area contributed by atoms with Gasteiger partial charge in [-0.1, -0.05) is 13.8 Å². The summed E-state index contributed by atoms with van der Waals surface area (Å²) in [6.07, 6.45) is 1.77. The molecule has 2 N–H and O–H groups in total. The van der Waals surface area contributed by atoms with Crippen LogP contribution in [0.2, 0.25) is 0 Å². The minimum absolute atomic E-state index is 0.0392. The Morgan fingerprint density at radius 3 is 2.76 bits per heavy atom. The lowest BCUT2D eigenvalue weighted by Gasteiger charge is -2.06. The number of aromatic nitrogens is 3. The van der Waals surface area contributed by atoms with Gasteiger partial charge < -0.3 is 4.98 Å². The summed E-state index contributed by atoms with van der Waals surface area (Å²) >= 11 is 0. The number of pyridine rings is 1. The molecule has 4 nitrogen and oxygen atoms in total. The second kappa shape index (κ2) is 3.45. The number of nitrogens with one attached hydrogen (secondary N) is 2. The maximum Gasteiger partial charge on any atom is 0.256 e. The molecule has 3 aromatic rings. The van der Waals surface area contributed by atoms with E-state index < -0.39 is 0 Å². The van der Waals surface area contributed by atoms with Crippen LogP contribution in [-0.2, 0) is 0 Å². The molecule has 86 valence electrons. The highest BCUT2D eigenvalue weighted by Gasteiger charge is 2.07. The lowest BCUT2D eigenvalue weighted by Crippen LogP contribution is -2.10. The molecular weight excluding hydrogens is 214 g/mol. The highest BCUT2D eigenvalue weighted by atomic mass is 16.1. The van der Waals surface area contributed by atoms with Gasteiger partial charge >= 0.3 is 0 Å². The number of fused-ring (bicyclic) bond motifs is 2. The molecular formula is C13H13N3O. The van der Waals surface area contributed by atoms with E-state index >= 15 is 0 Å². The molecule has 0 atom stereocenters. The lowest BCUT2D eigenvalue weighted by molar-refractivity contribution is 0.820. The zero-order chi connectivity index (χ0) is 12.0. The van der Waals surface area contributed by atoms with Crippen molar-refractivity contribution in [3.63, 3.8) is 0 Å². The van der Waals surface area contributed by atoms with Crippen molar-refractivity contribution in [2.45, 2.75) is 19.8 Å². The maximum absolute atomic E-state index is 12.0. The van der Waals surface area contributed by atoms with Gasteiger partial charge in [-0.05, 0) is 29.5 Å². The summed E-state index contributed by atoms with van der Waals surface area (Å²) in [7, 11) is 0. The number of rotatable bonds is 1. The molecule has 17 heavy (non-hydrogen) atoms. The quantitative estimate of drug-likeness (QED) is 0.671. The predicted octanol–water partition coefficient (Wildman–Crippen LogP) is 2.53. The van der Waals surface area contributed by atoms with Gasteiger partial charge in [-0.25, -0.2) is 0 Å². The average Bonchev–Trinajstić information content (AvgIpc) is 2.73. The van der Waals surface area contributed by atoms with Gasteiger partial charge in [-0.2, -0.15) is 5.10 Å². The minimum Gasteiger partial charge on any atom is -0.325 e. The Morgan fingerprint density at radius 1 is 1.18 bits per heavy atom. The first-order valence-electron chi connectivity index (χ1n) is 5.65. The van der Waals surface area contributed by atoms with Crippen molar-refractivity contribution in [3.8, 4) is 0 Å². The van der Waals surface area contributed by atoms with Crippen LogP contribution < -0.4 is 5.56 Å². The first-order valence-corrected chi connectivity index (χ1v) is 5.65. The molecule has 0 unspecified atom stereocenters. The number of aromatic amines is 2. The van der Waals surface area contributed by atoms with Crippen molar-refractivity contribution in [1.29, 1.82) is 0 Å². The van der Waals surface area contributed by atoms with Crippen LogP contribution in [0.25, 0.3) is 21.7 Å². The second-order valence-corrected chi connectivity index (χ2v) is 4.61. The number of nitrogens with zero attached hydrogens (tertiary/aromatic N) is 1. The normalized spacial score (nSPS) is 11.7. The zero-order valence-electron chi connectivity index (χ0n) is 9.74. The van der Waals surface area contributed by atoms with Crippen LogP contribution in [0, 0.1) is 0 Å². The number of hydrogen-bond acceptors (Lipinski definition) is 2. The van der Waals surface area contributed by atoms with Gasteiger partial charge in [-0.3, -0.25) is 9.89 Å². The Kier molecular flexibility index (Phi) is 2.04. The van der Waals surface area contributed by atoms with Gasteiger partial charge in [0.15, 0.2) is 0 Å². The fraction of sp³-hybridized carbons (Fsp3) is 0.231. The monoisotopic (exact) mass is 227 g/mol. The third-order valence-electron chi connectivity index (χ3n) is 3.05. The fourth-order valence-electron chi connectivity index (χ4n) is 2.04. The third kappa shape index (κ3) is 1.53. The van der Waals surface area contributed by atoms with Crippen molar-refractivity contribution in [2.24, 2.45) is 0 Å². The largest absolute Gasteiger partial charge is 0.325 e. The molecule has 0 saturated carbocycles. The SMILES string of the molecule is CC(C)c1cc2cc3cn[nH]c3cc2c(=O)[nH]1. The highest BCUT2D eigenvalue weighted by molar-refractivity contribution is 5.95. The first kappa shape index (κ1) is 10.1. The molecule has 2 heterocycles. The summed E-state index contributed by atoms with van der Waals surface area (Å²) < 4.78 is 0. The molecule has 0 spiro atoms. The van der Waals surface area contributed by atoms with E-state index in [9.17, 15) is 4.79 Å². The predicted molar refractivity (Wildman–Crippen MR) is 68.3 cm³/mol. The smallest absolute Gasteiger partial charge is 0.256 e. The van der Waals surface area contributed by atoms with Gasteiger partial charge in [0.2, 0.25) is 0 Å². The molecule has 0 bridgehead atoms. The van der Waals surface area contributed by atoms with Crippen molar-refractivity contribution < 1.29 is 0 Å². The van der Waals surface area contributed by atoms with E-state index in [2.05, 4.69) is 29.0 Å². The van der Waals surface area contributed by atoms with Crippen LogP contribution >= 0.6 is 0 Å². The number of H-pyrrole nitrogens is 2. The van der Waals surface area contributed by atoms with Crippen molar-refractivity contribution >= 4 is 21.7 Å². The van der Waals surface area contributed by atoms with Gasteiger partial charge in [-0.15, -0.1) is 0 Å². The minimum atomic E-state index is -0.0392. The fourth-order valence-corrected chi connectivity index (χ4v) is 2.04. The van der Waals surface area contributed by atoms with E-state index in [0.717, 1.165) is 22.0 Å². The van der Waals surface area contributed by atoms with E-state index in [-0.39, 0.29) is 5.56 Å². The van der Waals surface area contributed by atoms with Crippen LogP contribution in [0.15, 0.2) is 29.2 Å². The van der Waals surface area contributed by atoms with Gasteiger partial charge in [0, 0.05) is 16.5 Å². The second-order valence-electron chi connectivity index (χ2n) is 4.61. The summed E-state index contributed by atoms with van der Waals surface area (Å²) in [5.74, 6) is 0.312. The van der Waals surface area contributed by atoms with E-state index in [4.69, 9.17) is 0 Å².